The lowest BCUT2D eigenvalue weighted by Gasteiger charge is -2.20. The molecule has 0 aromatic heterocycles. The molecule has 1 aromatic rings. The van der Waals surface area contributed by atoms with Crippen molar-refractivity contribution in [3.8, 4) is 0 Å². The van der Waals surface area contributed by atoms with Gasteiger partial charge >= 0.3 is 0 Å². The van der Waals surface area contributed by atoms with Crippen LogP contribution >= 0.6 is 11.8 Å². The van der Waals surface area contributed by atoms with Gasteiger partial charge in [0.15, 0.2) is 0 Å². The molecule has 3 heteroatoms. The zero-order valence-corrected chi connectivity index (χ0v) is 11.8. The first kappa shape index (κ1) is 14.5. The second kappa shape index (κ2) is 5.87. The Balaban J connectivity index is 2.53. The summed E-state index contributed by atoms with van der Waals surface area (Å²) in [7, 11) is 0. The van der Waals surface area contributed by atoms with Crippen LogP contribution in [0.1, 0.15) is 31.9 Å². The molecule has 17 heavy (non-hydrogen) atoms. The Labute approximate surface area is 107 Å². The molecule has 1 atom stereocenters. The molecule has 0 amide bonds. The maximum Gasteiger partial charge on any atom is 0.123 e. The Morgan fingerprint density at radius 2 is 2.00 bits per heavy atom. The number of hydrogen-bond acceptors (Lipinski definition) is 2. The lowest BCUT2D eigenvalue weighted by molar-refractivity contribution is 0.199. The van der Waals surface area contributed by atoms with Crippen LogP contribution < -0.4 is 0 Å². The number of rotatable bonds is 4. The molecule has 0 fully saturated rings. The molecule has 0 spiro atoms. The van der Waals surface area contributed by atoms with Gasteiger partial charge in [0, 0.05) is 10.5 Å². The van der Waals surface area contributed by atoms with E-state index in [1.807, 2.05) is 6.92 Å². The van der Waals surface area contributed by atoms with Gasteiger partial charge in [0.2, 0.25) is 0 Å². The van der Waals surface area contributed by atoms with Crippen molar-refractivity contribution in [2.24, 2.45) is 0 Å². The average Bonchev–Trinajstić information content (AvgIpc) is 2.18. The highest BCUT2D eigenvalue weighted by molar-refractivity contribution is 8.00. The normalized spacial score (nSPS) is 13.8. The Kier molecular flexibility index (Phi) is 5.02. The third kappa shape index (κ3) is 5.55. The van der Waals surface area contributed by atoms with E-state index < -0.39 is 0 Å². The molecular formula is C14H21FOS. The lowest BCUT2D eigenvalue weighted by Crippen LogP contribution is -2.19. The smallest absolute Gasteiger partial charge is 0.123 e. The Morgan fingerprint density at radius 3 is 2.53 bits per heavy atom. The van der Waals surface area contributed by atoms with Gasteiger partial charge in [-0.05, 0) is 36.6 Å². The van der Waals surface area contributed by atoms with Crippen molar-refractivity contribution in [2.75, 3.05) is 5.75 Å². The second-order valence-electron chi connectivity index (χ2n) is 5.35. The zero-order chi connectivity index (χ0) is 13.1. The van der Waals surface area contributed by atoms with Crippen molar-refractivity contribution in [1.29, 1.82) is 0 Å². The first-order valence-electron chi connectivity index (χ1n) is 5.85. The summed E-state index contributed by atoms with van der Waals surface area (Å²) in [6.45, 7) is 8.27. The van der Waals surface area contributed by atoms with E-state index in [4.69, 9.17) is 0 Å². The quantitative estimate of drug-likeness (QED) is 0.888. The molecule has 1 N–H and O–H groups in total. The van der Waals surface area contributed by atoms with Gasteiger partial charge < -0.3 is 5.11 Å². The molecule has 0 aliphatic heterocycles. The molecule has 0 aliphatic carbocycles. The summed E-state index contributed by atoms with van der Waals surface area (Å²) in [6, 6.07) is 4.72. The van der Waals surface area contributed by atoms with Crippen molar-refractivity contribution in [3.05, 3.63) is 35.1 Å². The number of hydrogen-bond donors (Lipinski definition) is 1. The Hall–Kier alpha value is -0.540. The van der Waals surface area contributed by atoms with Crippen LogP contribution in [0.3, 0.4) is 0 Å². The predicted molar refractivity (Wildman–Crippen MR) is 73.1 cm³/mol. The van der Waals surface area contributed by atoms with Crippen LogP contribution in [0, 0.1) is 12.7 Å². The molecular weight excluding hydrogens is 235 g/mol. The summed E-state index contributed by atoms with van der Waals surface area (Å²) < 4.78 is 13.1. The van der Waals surface area contributed by atoms with Gasteiger partial charge in [-0.1, -0.05) is 26.8 Å². The molecule has 1 aromatic carbocycles. The van der Waals surface area contributed by atoms with Crippen molar-refractivity contribution in [2.45, 2.75) is 45.0 Å². The van der Waals surface area contributed by atoms with Crippen LogP contribution in [-0.2, 0) is 6.42 Å². The van der Waals surface area contributed by atoms with Crippen LogP contribution in [0.25, 0.3) is 0 Å². The van der Waals surface area contributed by atoms with E-state index in [0.29, 0.717) is 12.2 Å². The number of aryl methyl sites for hydroxylation is 1. The van der Waals surface area contributed by atoms with E-state index >= 15 is 0 Å². The van der Waals surface area contributed by atoms with E-state index in [-0.39, 0.29) is 16.7 Å². The van der Waals surface area contributed by atoms with Gasteiger partial charge in [-0.25, -0.2) is 4.39 Å². The highest BCUT2D eigenvalue weighted by atomic mass is 32.2. The number of benzene rings is 1. The molecule has 0 aliphatic rings. The molecule has 0 bridgehead atoms. The fourth-order valence-electron chi connectivity index (χ4n) is 1.55. The van der Waals surface area contributed by atoms with E-state index in [1.165, 1.54) is 12.1 Å². The summed E-state index contributed by atoms with van der Waals surface area (Å²) in [5.74, 6) is 0.491. The minimum Gasteiger partial charge on any atom is -0.392 e. The SMILES string of the molecule is Cc1cc(F)ccc1CC(O)CSC(C)(C)C. The summed E-state index contributed by atoms with van der Waals surface area (Å²) in [5.41, 5.74) is 1.93. The Bertz CT molecular complexity index is 371. The largest absolute Gasteiger partial charge is 0.392 e. The highest BCUT2D eigenvalue weighted by Gasteiger charge is 2.15. The third-order valence-electron chi connectivity index (χ3n) is 2.47. The molecule has 0 saturated carbocycles. The molecule has 0 saturated heterocycles. The average molecular weight is 256 g/mol. The maximum absolute atomic E-state index is 12.9. The minimum absolute atomic E-state index is 0.165. The monoisotopic (exact) mass is 256 g/mol. The Morgan fingerprint density at radius 1 is 1.35 bits per heavy atom. The van der Waals surface area contributed by atoms with Gasteiger partial charge in [-0.3, -0.25) is 0 Å². The van der Waals surface area contributed by atoms with Gasteiger partial charge in [-0.2, -0.15) is 11.8 Å². The van der Waals surface area contributed by atoms with Crippen molar-refractivity contribution >= 4 is 11.8 Å². The summed E-state index contributed by atoms with van der Waals surface area (Å²) in [4.78, 5) is 0. The topological polar surface area (TPSA) is 20.2 Å². The number of aliphatic hydroxyl groups excluding tert-OH is 1. The maximum atomic E-state index is 12.9. The zero-order valence-electron chi connectivity index (χ0n) is 11.0. The second-order valence-corrected chi connectivity index (χ2v) is 7.20. The van der Waals surface area contributed by atoms with Crippen molar-refractivity contribution in [1.82, 2.24) is 0 Å². The van der Waals surface area contributed by atoms with Gasteiger partial charge in [0.1, 0.15) is 5.82 Å². The van der Waals surface area contributed by atoms with E-state index in [9.17, 15) is 9.50 Å². The molecule has 1 unspecified atom stereocenters. The molecule has 0 radical (unpaired) electrons. The predicted octanol–water partition coefficient (Wildman–Crippen LogP) is 3.57. The summed E-state index contributed by atoms with van der Waals surface area (Å²) >= 11 is 1.75. The highest BCUT2D eigenvalue weighted by Crippen LogP contribution is 2.24. The first-order chi connectivity index (χ1) is 7.78. The van der Waals surface area contributed by atoms with Crippen LogP contribution in [0.15, 0.2) is 18.2 Å². The lowest BCUT2D eigenvalue weighted by atomic mass is 10.0. The molecule has 1 nitrogen and oxygen atoms in total. The number of aliphatic hydroxyl groups is 1. The van der Waals surface area contributed by atoms with E-state index in [1.54, 1.807) is 17.8 Å². The minimum atomic E-state index is -0.372. The summed E-state index contributed by atoms with van der Waals surface area (Å²) in [5, 5.41) is 9.95. The van der Waals surface area contributed by atoms with Crippen LogP contribution in [0.5, 0.6) is 0 Å². The van der Waals surface area contributed by atoms with Crippen LogP contribution in [0.2, 0.25) is 0 Å². The fourth-order valence-corrected chi connectivity index (χ4v) is 2.36. The van der Waals surface area contributed by atoms with Gasteiger partial charge in [0.05, 0.1) is 6.10 Å². The van der Waals surface area contributed by atoms with E-state index in [0.717, 1.165) is 11.1 Å². The third-order valence-corrected chi connectivity index (χ3v) is 3.89. The summed E-state index contributed by atoms with van der Waals surface area (Å²) in [6.07, 6.45) is 0.221. The number of thioether (sulfide) groups is 1. The van der Waals surface area contributed by atoms with Crippen LogP contribution in [0.4, 0.5) is 4.39 Å². The van der Waals surface area contributed by atoms with Crippen LogP contribution in [-0.4, -0.2) is 21.7 Å². The van der Waals surface area contributed by atoms with Crippen molar-refractivity contribution < 1.29 is 9.50 Å². The van der Waals surface area contributed by atoms with E-state index in [2.05, 4.69) is 20.8 Å². The number of halogens is 1. The molecule has 96 valence electrons. The standard InChI is InChI=1S/C14H21FOS/c1-10-7-12(15)6-5-11(10)8-13(16)9-17-14(2,3)4/h5-7,13,16H,8-9H2,1-4H3. The molecule has 0 heterocycles. The molecule has 1 rings (SSSR count). The van der Waals surface area contributed by atoms with Gasteiger partial charge in [-0.15, -0.1) is 0 Å². The fraction of sp³-hybridized carbons (Fsp3) is 0.571. The first-order valence-corrected chi connectivity index (χ1v) is 6.83. The van der Waals surface area contributed by atoms with Crippen molar-refractivity contribution in [3.63, 3.8) is 0 Å². The van der Waals surface area contributed by atoms with Gasteiger partial charge in [0.25, 0.3) is 0 Å².